The number of hydrogen-bond donors (Lipinski definition) is 0. The summed E-state index contributed by atoms with van der Waals surface area (Å²) in [7, 11) is -1.43. The second-order valence-corrected chi connectivity index (χ2v) is 11.7. The minimum Gasteiger partial charge on any atom is -0.462 e. The molecule has 3 aromatic carbocycles. The van der Waals surface area contributed by atoms with Crippen molar-refractivity contribution in [1.29, 1.82) is 0 Å². The van der Waals surface area contributed by atoms with Crippen molar-refractivity contribution >= 4 is 29.7 Å². The molecule has 1 aliphatic heterocycles. The van der Waals surface area contributed by atoms with Gasteiger partial charge in [0.05, 0.1) is 5.56 Å². The van der Waals surface area contributed by atoms with Gasteiger partial charge < -0.3 is 4.74 Å². The molecule has 3 aromatic rings. The zero-order chi connectivity index (χ0) is 26.3. The van der Waals surface area contributed by atoms with Gasteiger partial charge in [0.25, 0.3) is 0 Å². The lowest BCUT2D eigenvalue weighted by atomic mass is 9.84. The quantitative estimate of drug-likeness (QED) is 0.280. The van der Waals surface area contributed by atoms with Crippen LogP contribution in [0.4, 0.5) is 26.3 Å². The lowest BCUT2D eigenvalue weighted by Gasteiger charge is -2.29. The SMILES string of the molecule is CC(C)(C)[C@H]1N=C(c2ccccc2P(c2ccccc2)c2ccc(C(F)(F)F)cc2)O[C@H]1C(F)(F)F. The summed E-state index contributed by atoms with van der Waals surface area (Å²) in [5.41, 5.74) is -1.19. The first-order chi connectivity index (χ1) is 16.8. The molecule has 0 spiro atoms. The number of halogens is 6. The maximum atomic E-state index is 13.9. The summed E-state index contributed by atoms with van der Waals surface area (Å²) in [4.78, 5) is 4.39. The third-order valence-corrected chi connectivity index (χ3v) is 8.34. The standard InChI is InChI=1S/C27H24F6NOP/c1-25(2,3)22-23(27(31,32)33)35-24(34-22)20-11-7-8-12-21(20)36(18-9-5-4-6-10-18)19-15-13-17(14-16-19)26(28,29)30/h4-16,22-23H,1-3H3/t22-,23+,36?/m0/s1. The van der Waals surface area contributed by atoms with Crippen molar-refractivity contribution in [2.24, 2.45) is 10.4 Å². The van der Waals surface area contributed by atoms with Crippen molar-refractivity contribution in [3.63, 3.8) is 0 Å². The van der Waals surface area contributed by atoms with Gasteiger partial charge in [0.15, 0.2) is 0 Å². The number of hydrogen-bond acceptors (Lipinski definition) is 2. The average Bonchev–Trinajstić information content (AvgIpc) is 3.27. The summed E-state index contributed by atoms with van der Waals surface area (Å²) < 4.78 is 86.6. The molecule has 1 aliphatic rings. The Morgan fingerprint density at radius 2 is 1.28 bits per heavy atom. The first-order valence-electron chi connectivity index (χ1n) is 11.2. The van der Waals surface area contributed by atoms with Gasteiger partial charge in [-0.2, -0.15) is 26.3 Å². The van der Waals surface area contributed by atoms with Gasteiger partial charge in [0.1, 0.15) is 6.04 Å². The van der Waals surface area contributed by atoms with Gasteiger partial charge in [-0.3, -0.25) is 0 Å². The molecule has 0 amide bonds. The Labute approximate surface area is 206 Å². The van der Waals surface area contributed by atoms with E-state index in [-0.39, 0.29) is 5.90 Å². The zero-order valence-corrected chi connectivity index (χ0v) is 20.6. The summed E-state index contributed by atoms with van der Waals surface area (Å²) in [6.45, 7) is 5.03. The third-order valence-electron chi connectivity index (χ3n) is 5.83. The van der Waals surface area contributed by atoms with E-state index >= 15 is 0 Å². The van der Waals surface area contributed by atoms with Gasteiger partial charge >= 0.3 is 12.4 Å². The maximum Gasteiger partial charge on any atom is 0.427 e. The Balaban J connectivity index is 1.85. The molecule has 0 aromatic heterocycles. The summed E-state index contributed by atoms with van der Waals surface area (Å²) in [5, 5.41) is 2.10. The lowest BCUT2D eigenvalue weighted by Crippen LogP contribution is -2.44. The molecule has 190 valence electrons. The molecule has 9 heteroatoms. The molecule has 0 fully saturated rings. The van der Waals surface area contributed by atoms with Gasteiger partial charge in [-0.1, -0.05) is 81.4 Å². The van der Waals surface area contributed by atoms with E-state index in [1.54, 1.807) is 45.0 Å². The Hall–Kier alpha value is -2.86. The molecule has 0 radical (unpaired) electrons. The van der Waals surface area contributed by atoms with Crippen molar-refractivity contribution in [3.8, 4) is 0 Å². The highest BCUT2D eigenvalue weighted by atomic mass is 31.1. The summed E-state index contributed by atoms with van der Waals surface area (Å²) in [6, 6.07) is 19.8. The van der Waals surface area contributed by atoms with E-state index in [1.807, 2.05) is 30.3 Å². The first-order valence-corrected chi connectivity index (χ1v) is 12.5. The molecule has 1 heterocycles. The van der Waals surface area contributed by atoms with E-state index in [0.29, 0.717) is 16.2 Å². The maximum absolute atomic E-state index is 13.9. The molecule has 0 N–H and O–H groups in total. The van der Waals surface area contributed by atoms with Crippen LogP contribution in [0.1, 0.15) is 31.9 Å². The van der Waals surface area contributed by atoms with Crippen LogP contribution in [0.3, 0.4) is 0 Å². The molecule has 0 bridgehead atoms. The zero-order valence-electron chi connectivity index (χ0n) is 19.7. The van der Waals surface area contributed by atoms with E-state index in [2.05, 4.69) is 4.99 Å². The van der Waals surface area contributed by atoms with Crippen molar-refractivity contribution < 1.29 is 31.1 Å². The average molecular weight is 523 g/mol. The van der Waals surface area contributed by atoms with Crippen LogP contribution < -0.4 is 15.9 Å². The number of aliphatic imine (C=N–C) groups is 1. The molecule has 1 unspecified atom stereocenters. The Bertz CT molecular complexity index is 1230. The fourth-order valence-corrected chi connectivity index (χ4v) is 6.51. The minimum atomic E-state index is -4.62. The van der Waals surface area contributed by atoms with Gasteiger partial charge in [0, 0.05) is 5.56 Å². The second kappa shape index (κ2) is 9.55. The molecule has 36 heavy (non-hydrogen) atoms. The smallest absolute Gasteiger partial charge is 0.427 e. The molecular formula is C27H24F6NOP. The van der Waals surface area contributed by atoms with Crippen LogP contribution in [0, 0.1) is 5.41 Å². The summed E-state index contributed by atoms with van der Waals surface area (Å²) in [6.07, 6.45) is -11.2. The monoisotopic (exact) mass is 523 g/mol. The van der Waals surface area contributed by atoms with Crippen molar-refractivity contribution in [1.82, 2.24) is 0 Å². The van der Waals surface area contributed by atoms with Crippen LogP contribution in [0.5, 0.6) is 0 Å². The lowest BCUT2D eigenvalue weighted by molar-refractivity contribution is -0.204. The normalized spacial score (nSPS) is 19.5. The van der Waals surface area contributed by atoms with Gasteiger partial charge in [-0.25, -0.2) is 4.99 Å². The largest absolute Gasteiger partial charge is 0.462 e. The van der Waals surface area contributed by atoms with Crippen LogP contribution in [-0.2, 0) is 10.9 Å². The van der Waals surface area contributed by atoms with Crippen LogP contribution in [-0.4, -0.2) is 24.2 Å². The topological polar surface area (TPSA) is 21.6 Å². The number of alkyl halides is 6. The molecule has 0 saturated carbocycles. The Morgan fingerprint density at radius 1 is 0.722 bits per heavy atom. The van der Waals surface area contributed by atoms with E-state index in [0.717, 1.165) is 17.4 Å². The highest BCUT2D eigenvalue weighted by Gasteiger charge is 2.54. The van der Waals surface area contributed by atoms with Crippen LogP contribution >= 0.6 is 7.92 Å². The minimum absolute atomic E-state index is 0.108. The fraction of sp³-hybridized carbons (Fsp3) is 0.296. The Morgan fingerprint density at radius 3 is 1.81 bits per heavy atom. The summed E-state index contributed by atoms with van der Waals surface area (Å²) in [5.74, 6) is -0.108. The predicted octanol–water partition coefficient (Wildman–Crippen LogP) is 6.59. The third kappa shape index (κ3) is 5.44. The van der Waals surface area contributed by atoms with Crippen LogP contribution in [0.25, 0.3) is 0 Å². The van der Waals surface area contributed by atoms with Crippen molar-refractivity contribution in [2.45, 2.75) is 45.3 Å². The first kappa shape index (κ1) is 26.2. The Kier molecular flexibility index (Phi) is 6.95. The number of benzene rings is 3. The molecule has 4 rings (SSSR count). The highest BCUT2D eigenvalue weighted by molar-refractivity contribution is 7.80. The van der Waals surface area contributed by atoms with Gasteiger partial charge in [-0.05, 0) is 47.4 Å². The van der Waals surface area contributed by atoms with E-state index in [4.69, 9.17) is 4.74 Å². The van der Waals surface area contributed by atoms with E-state index in [1.165, 1.54) is 12.1 Å². The van der Waals surface area contributed by atoms with Gasteiger partial charge in [0.2, 0.25) is 12.0 Å². The molecule has 0 aliphatic carbocycles. The second-order valence-electron chi connectivity index (χ2n) is 9.56. The van der Waals surface area contributed by atoms with Crippen LogP contribution in [0.15, 0.2) is 83.9 Å². The van der Waals surface area contributed by atoms with Crippen molar-refractivity contribution in [2.75, 3.05) is 0 Å². The van der Waals surface area contributed by atoms with Crippen molar-refractivity contribution in [3.05, 3.63) is 90.0 Å². The molecule has 3 atom stereocenters. The van der Waals surface area contributed by atoms with E-state index in [9.17, 15) is 26.3 Å². The van der Waals surface area contributed by atoms with Gasteiger partial charge in [-0.15, -0.1) is 0 Å². The molecule has 0 saturated heterocycles. The summed E-state index contributed by atoms with van der Waals surface area (Å²) >= 11 is 0. The van der Waals surface area contributed by atoms with E-state index < -0.39 is 43.4 Å². The highest BCUT2D eigenvalue weighted by Crippen LogP contribution is 2.41. The fourth-order valence-electron chi connectivity index (χ4n) is 4.09. The number of ether oxygens (including phenoxy) is 1. The number of rotatable bonds is 4. The van der Waals surface area contributed by atoms with Crippen LogP contribution in [0.2, 0.25) is 0 Å². The molecular weight excluding hydrogens is 499 g/mol. The molecule has 2 nitrogen and oxygen atoms in total. The number of nitrogens with zero attached hydrogens (tertiary/aromatic N) is 1. The predicted molar refractivity (Wildman–Crippen MR) is 131 cm³/mol.